The molecule has 1 amide bonds. The van der Waals surface area contributed by atoms with Gasteiger partial charge in [0.1, 0.15) is 5.69 Å². The third kappa shape index (κ3) is 3.00. The summed E-state index contributed by atoms with van der Waals surface area (Å²) in [6, 6.07) is 4.01. The molecule has 8 heteroatoms. The van der Waals surface area contributed by atoms with Crippen LogP contribution in [0.2, 0.25) is 0 Å². The van der Waals surface area contributed by atoms with Gasteiger partial charge < -0.3 is 15.7 Å². The number of hydrogen-bond acceptors (Lipinski definition) is 4. The van der Waals surface area contributed by atoms with E-state index in [0.717, 1.165) is 19.4 Å². The number of carbonyl (C=O) groups excluding carboxylic acids is 1. The van der Waals surface area contributed by atoms with E-state index in [9.17, 15) is 14.0 Å². The molecule has 2 heterocycles. The molecule has 0 radical (unpaired) electrons. The molecule has 126 valence electrons. The van der Waals surface area contributed by atoms with Gasteiger partial charge >= 0.3 is 5.97 Å². The molecule has 24 heavy (non-hydrogen) atoms. The zero-order chi connectivity index (χ0) is 17.3. The number of hydrogen-bond donors (Lipinski definition) is 3. The smallest absolute Gasteiger partial charge is 0.336 e. The second kappa shape index (κ2) is 6.40. The molecule has 0 spiro atoms. The van der Waals surface area contributed by atoms with Crippen molar-refractivity contribution in [3.05, 3.63) is 41.3 Å². The molecule has 1 aromatic heterocycles. The fraction of sp³-hybridized carbons (Fsp3) is 0.312. The average molecular weight is 332 g/mol. The molecule has 3 rings (SSSR count). The number of rotatable bonds is 4. The van der Waals surface area contributed by atoms with Crippen molar-refractivity contribution in [2.24, 2.45) is 0 Å². The van der Waals surface area contributed by atoms with E-state index in [0.29, 0.717) is 5.82 Å². The van der Waals surface area contributed by atoms with Gasteiger partial charge in [0.05, 0.1) is 11.6 Å². The first-order valence-corrected chi connectivity index (χ1v) is 7.60. The maximum atomic E-state index is 14.4. The molecule has 0 aliphatic carbocycles. The highest BCUT2D eigenvalue weighted by Crippen LogP contribution is 2.21. The first kappa shape index (κ1) is 16.1. The summed E-state index contributed by atoms with van der Waals surface area (Å²) in [7, 11) is 0. The van der Waals surface area contributed by atoms with Crippen molar-refractivity contribution < 1.29 is 19.1 Å². The van der Waals surface area contributed by atoms with E-state index in [4.69, 9.17) is 5.11 Å². The highest BCUT2D eigenvalue weighted by Gasteiger charge is 2.23. The SMILES string of the molecule is Cc1c(C(=O)O)ccc(-n2ccc(NC(=O)[C@H]3CCCN3)n2)c1F. The van der Waals surface area contributed by atoms with E-state index in [2.05, 4.69) is 15.7 Å². The maximum absolute atomic E-state index is 14.4. The number of nitrogens with one attached hydrogen (secondary N) is 2. The zero-order valence-corrected chi connectivity index (χ0v) is 13.0. The van der Waals surface area contributed by atoms with Crippen LogP contribution in [0.4, 0.5) is 10.2 Å². The highest BCUT2D eigenvalue weighted by atomic mass is 19.1. The highest BCUT2D eigenvalue weighted by molar-refractivity contribution is 5.94. The Balaban J connectivity index is 1.81. The maximum Gasteiger partial charge on any atom is 0.336 e. The Kier molecular flexibility index (Phi) is 4.30. The Morgan fingerprint density at radius 3 is 2.88 bits per heavy atom. The molecule has 1 aliphatic rings. The van der Waals surface area contributed by atoms with E-state index in [1.165, 1.54) is 29.9 Å². The molecule has 1 aliphatic heterocycles. The van der Waals surface area contributed by atoms with E-state index in [1.54, 1.807) is 6.07 Å². The molecule has 7 nitrogen and oxygen atoms in total. The van der Waals surface area contributed by atoms with Crippen LogP contribution in [-0.2, 0) is 4.79 Å². The molecule has 2 aromatic rings. The molecule has 0 bridgehead atoms. The lowest BCUT2D eigenvalue weighted by Gasteiger charge is -2.10. The second-order valence-corrected chi connectivity index (χ2v) is 5.66. The van der Waals surface area contributed by atoms with Crippen LogP contribution in [0.1, 0.15) is 28.8 Å². The van der Waals surface area contributed by atoms with Crippen LogP contribution in [0.15, 0.2) is 24.4 Å². The molecule has 1 fully saturated rings. The van der Waals surface area contributed by atoms with E-state index < -0.39 is 11.8 Å². The fourth-order valence-electron chi connectivity index (χ4n) is 2.73. The minimum absolute atomic E-state index is 0.0382. The van der Waals surface area contributed by atoms with Crippen LogP contribution in [0.5, 0.6) is 0 Å². The van der Waals surface area contributed by atoms with Gasteiger partial charge in [-0.2, -0.15) is 0 Å². The van der Waals surface area contributed by atoms with E-state index in [-0.39, 0.29) is 28.8 Å². The van der Waals surface area contributed by atoms with Gasteiger partial charge in [0.2, 0.25) is 5.91 Å². The molecular formula is C16H17FN4O3. The lowest BCUT2D eigenvalue weighted by molar-refractivity contribution is -0.117. The standard InChI is InChI=1S/C16H17FN4O3/c1-9-10(16(23)24)4-5-12(14(9)17)21-8-6-13(20-21)19-15(22)11-3-2-7-18-11/h4-6,8,11,18H,2-3,7H2,1H3,(H,23,24)(H,19,20,22)/t11-/m1/s1. The minimum atomic E-state index is -1.18. The Labute approximate surface area is 137 Å². The Morgan fingerprint density at radius 1 is 1.42 bits per heavy atom. The number of benzene rings is 1. The van der Waals surface area contributed by atoms with Gasteiger partial charge in [-0.25, -0.2) is 13.9 Å². The van der Waals surface area contributed by atoms with Gasteiger partial charge in [-0.15, -0.1) is 5.10 Å². The summed E-state index contributed by atoms with van der Waals surface area (Å²) in [4.78, 5) is 23.1. The van der Waals surface area contributed by atoms with Crippen LogP contribution in [0.3, 0.4) is 0 Å². The lowest BCUT2D eigenvalue weighted by atomic mass is 10.1. The second-order valence-electron chi connectivity index (χ2n) is 5.66. The monoisotopic (exact) mass is 332 g/mol. The van der Waals surface area contributed by atoms with Gasteiger partial charge in [0.25, 0.3) is 0 Å². The predicted molar refractivity (Wildman–Crippen MR) is 84.9 cm³/mol. The van der Waals surface area contributed by atoms with Crippen molar-refractivity contribution in [2.75, 3.05) is 11.9 Å². The third-order valence-electron chi connectivity index (χ3n) is 4.06. The Hall–Kier alpha value is -2.74. The van der Waals surface area contributed by atoms with Crippen LogP contribution in [0, 0.1) is 12.7 Å². The summed E-state index contributed by atoms with van der Waals surface area (Å²) in [5, 5.41) is 18.9. The van der Waals surface area contributed by atoms with Gasteiger partial charge in [-0.3, -0.25) is 4.79 Å². The number of halogens is 1. The van der Waals surface area contributed by atoms with Crippen molar-refractivity contribution in [1.82, 2.24) is 15.1 Å². The first-order valence-electron chi connectivity index (χ1n) is 7.60. The number of anilines is 1. The number of amides is 1. The number of aromatic nitrogens is 2. The fourth-order valence-corrected chi connectivity index (χ4v) is 2.73. The zero-order valence-electron chi connectivity index (χ0n) is 13.0. The third-order valence-corrected chi connectivity index (χ3v) is 4.06. The summed E-state index contributed by atoms with van der Waals surface area (Å²) < 4.78 is 15.7. The number of carboxylic acids is 1. The normalized spacial score (nSPS) is 17.0. The first-order chi connectivity index (χ1) is 11.5. The van der Waals surface area contributed by atoms with Crippen LogP contribution in [-0.4, -0.2) is 39.4 Å². The van der Waals surface area contributed by atoms with Gasteiger partial charge in [-0.1, -0.05) is 0 Å². The average Bonchev–Trinajstić information content (AvgIpc) is 3.21. The Morgan fingerprint density at radius 2 is 2.21 bits per heavy atom. The number of carboxylic acid groups (broad SMARTS) is 1. The van der Waals surface area contributed by atoms with Crippen molar-refractivity contribution in [3.8, 4) is 5.69 Å². The molecule has 0 unspecified atom stereocenters. The van der Waals surface area contributed by atoms with Crippen molar-refractivity contribution in [3.63, 3.8) is 0 Å². The van der Waals surface area contributed by atoms with Crippen LogP contribution < -0.4 is 10.6 Å². The summed E-state index contributed by atoms with van der Waals surface area (Å²) >= 11 is 0. The van der Waals surface area contributed by atoms with Gasteiger partial charge in [0, 0.05) is 17.8 Å². The van der Waals surface area contributed by atoms with Gasteiger partial charge in [0.15, 0.2) is 11.6 Å². The van der Waals surface area contributed by atoms with Gasteiger partial charge in [-0.05, 0) is 38.4 Å². The molecule has 0 saturated carbocycles. The number of aromatic carboxylic acids is 1. The van der Waals surface area contributed by atoms with Crippen LogP contribution >= 0.6 is 0 Å². The lowest BCUT2D eigenvalue weighted by Crippen LogP contribution is -2.35. The number of nitrogens with zero attached hydrogens (tertiary/aromatic N) is 2. The topological polar surface area (TPSA) is 96.2 Å². The molecule has 1 atom stereocenters. The quantitative estimate of drug-likeness (QED) is 0.792. The molecular weight excluding hydrogens is 315 g/mol. The molecule has 3 N–H and O–H groups in total. The van der Waals surface area contributed by atoms with Crippen molar-refractivity contribution >= 4 is 17.7 Å². The Bertz CT molecular complexity index is 797. The summed E-state index contributed by atoms with van der Waals surface area (Å²) in [5.74, 6) is -1.70. The summed E-state index contributed by atoms with van der Waals surface area (Å²) in [6.45, 7) is 2.22. The summed E-state index contributed by atoms with van der Waals surface area (Å²) in [6.07, 6.45) is 3.24. The van der Waals surface area contributed by atoms with Crippen molar-refractivity contribution in [2.45, 2.75) is 25.8 Å². The number of carbonyl (C=O) groups is 2. The summed E-state index contributed by atoms with van der Waals surface area (Å²) in [5.41, 5.74) is 0.0671. The minimum Gasteiger partial charge on any atom is -0.478 e. The molecule has 1 aromatic carbocycles. The predicted octanol–water partition coefficient (Wildman–Crippen LogP) is 1.71. The largest absolute Gasteiger partial charge is 0.478 e. The van der Waals surface area contributed by atoms with E-state index in [1.807, 2.05) is 0 Å². The molecule has 1 saturated heterocycles. The van der Waals surface area contributed by atoms with Crippen LogP contribution in [0.25, 0.3) is 5.69 Å². The van der Waals surface area contributed by atoms with Crippen molar-refractivity contribution in [1.29, 1.82) is 0 Å². The van der Waals surface area contributed by atoms with E-state index >= 15 is 0 Å².